The molecule has 0 amide bonds. The molecule has 0 saturated heterocycles. The summed E-state index contributed by atoms with van der Waals surface area (Å²) in [5.74, 6) is 0.806. The molecule has 0 aromatic carbocycles. The molecule has 2 fully saturated rings. The average molecular weight is 209 g/mol. The first-order valence-corrected chi connectivity index (χ1v) is 6.25. The molecular weight excluding hydrogens is 186 g/mol. The number of carbonyl (C=O) groups is 1. The summed E-state index contributed by atoms with van der Waals surface area (Å²) in [6.07, 6.45) is 6.08. The zero-order chi connectivity index (χ0) is 11.1. The molecule has 2 aliphatic rings. The van der Waals surface area contributed by atoms with Gasteiger partial charge in [-0.3, -0.25) is 4.79 Å². The largest absolute Gasteiger partial charge is 0.303 e. The van der Waals surface area contributed by atoms with Crippen LogP contribution in [0.4, 0.5) is 0 Å². The summed E-state index contributed by atoms with van der Waals surface area (Å²) in [7, 11) is 2.17. The van der Waals surface area contributed by atoms with Crippen molar-refractivity contribution < 1.29 is 4.79 Å². The lowest BCUT2D eigenvalue weighted by Gasteiger charge is -2.35. The first-order chi connectivity index (χ1) is 7.00. The van der Waals surface area contributed by atoms with E-state index in [2.05, 4.69) is 25.8 Å². The second kappa shape index (κ2) is 3.89. The molecule has 0 radical (unpaired) electrons. The Bertz CT molecular complexity index is 255. The number of nitrogens with zero attached hydrogens (tertiary/aromatic N) is 1. The zero-order valence-corrected chi connectivity index (χ0v) is 10.3. The van der Waals surface area contributed by atoms with Gasteiger partial charge in [0.25, 0.3) is 0 Å². The molecule has 1 unspecified atom stereocenters. The highest BCUT2D eigenvalue weighted by molar-refractivity contribution is 5.87. The topological polar surface area (TPSA) is 20.3 Å². The third-order valence-electron chi connectivity index (χ3n) is 4.07. The lowest BCUT2D eigenvalue weighted by Crippen LogP contribution is -2.41. The second-order valence-corrected chi connectivity index (χ2v) is 6.01. The fourth-order valence-corrected chi connectivity index (χ4v) is 2.78. The summed E-state index contributed by atoms with van der Waals surface area (Å²) in [5.41, 5.74) is -0.0622. The fraction of sp³-hybridized carbons (Fsp3) is 0.923. The summed E-state index contributed by atoms with van der Waals surface area (Å²) < 4.78 is 0. The van der Waals surface area contributed by atoms with Crippen LogP contribution in [0.3, 0.4) is 0 Å². The Morgan fingerprint density at radius 2 is 2.00 bits per heavy atom. The van der Waals surface area contributed by atoms with Crippen LogP contribution in [0.25, 0.3) is 0 Å². The normalized spacial score (nSPS) is 30.9. The van der Waals surface area contributed by atoms with Crippen molar-refractivity contribution >= 4 is 5.78 Å². The minimum atomic E-state index is -0.0622. The highest BCUT2D eigenvalue weighted by Gasteiger charge is 2.38. The predicted molar refractivity (Wildman–Crippen MR) is 61.8 cm³/mol. The van der Waals surface area contributed by atoms with Crippen molar-refractivity contribution in [2.24, 2.45) is 11.3 Å². The second-order valence-electron chi connectivity index (χ2n) is 6.01. The standard InChI is InChI=1S/C13H23NO/c1-13(2)8-4-5-10(12(13)15)9-14(3)11-6-7-11/h10-11H,4-9H2,1-3H3. The molecule has 2 heteroatoms. The molecule has 0 spiro atoms. The third-order valence-corrected chi connectivity index (χ3v) is 4.07. The SMILES string of the molecule is CN(CC1CCCC(C)(C)C1=O)C1CC1. The van der Waals surface area contributed by atoms with Gasteiger partial charge in [-0.2, -0.15) is 0 Å². The van der Waals surface area contributed by atoms with Crippen molar-refractivity contribution in [2.45, 2.75) is 52.0 Å². The molecule has 0 aromatic rings. The lowest BCUT2D eigenvalue weighted by molar-refractivity contribution is -0.134. The smallest absolute Gasteiger partial charge is 0.142 e. The van der Waals surface area contributed by atoms with E-state index in [-0.39, 0.29) is 5.41 Å². The van der Waals surface area contributed by atoms with E-state index in [4.69, 9.17) is 0 Å². The molecular formula is C13H23NO. The molecule has 2 saturated carbocycles. The van der Waals surface area contributed by atoms with Crippen molar-refractivity contribution in [3.63, 3.8) is 0 Å². The van der Waals surface area contributed by atoms with Gasteiger partial charge in [0.2, 0.25) is 0 Å². The maximum atomic E-state index is 12.2. The van der Waals surface area contributed by atoms with Gasteiger partial charge in [-0.05, 0) is 32.7 Å². The molecule has 2 nitrogen and oxygen atoms in total. The molecule has 0 aromatic heterocycles. The van der Waals surface area contributed by atoms with Crippen LogP contribution in [0.2, 0.25) is 0 Å². The van der Waals surface area contributed by atoms with Gasteiger partial charge in [-0.25, -0.2) is 0 Å². The fourth-order valence-electron chi connectivity index (χ4n) is 2.78. The van der Waals surface area contributed by atoms with Crippen LogP contribution in [0.15, 0.2) is 0 Å². The summed E-state index contributed by atoms with van der Waals surface area (Å²) in [6, 6.07) is 0.780. The Kier molecular flexibility index (Phi) is 2.89. The van der Waals surface area contributed by atoms with Gasteiger partial charge in [-0.15, -0.1) is 0 Å². The Morgan fingerprint density at radius 3 is 2.60 bits per heavy atom. The Morgan fingerprint density at radius 1 is 1.33 bits per heavy atom. The Labute approximate surface area is 93.0 Å². The maximum Gasteiger partial charge on any atom is 0.142 e. The van der Waals surface area contributed by atoms with Gasteiger partial charge in [0.05, 0.1) is 0 Å². The van der Waals surface area contributed by atoms with Crippen LogP contribution in [-0.2, 0) is 4.79 Å². The molecule has 0 aliphatic heterocycles. The monoisotopic (exact) mass is 209 g/mol. The average Bonchev–Trinajstić information content (AvgIpc) is 2.95. The minimum Gasteiger partial charge on any atom is -0.303 e. The number of carbonyl (C=O) groups excluding carboxylic acids is 1. The van der Waals surface area contributed by atoms with E-state index in [0.717, 1.165) is 25.4 Å². The number of ketones is 1. The summed E-state index contributed by atoms with van der Waals surface area (Å²) in [5, 5.41) is 0. The van der Waals surface area contributed by atoms with Crippen LogP contribution >= 0.6 is 0 Å². The number of hydrogen-bond acceptors (Lipinski definition) is 2. The van der Waals surface area contributed by atoms with Gasteiger partial charge >= 0.3 is 0 Å². The van der Waals surface area contributed by atoms with E-state index < -0.39 is 0 Å². The van der Waals surface area contributed by atoms with E-state index in [0.29, 0.717) is 11.7 Å². The number of rotatable bonds is 3. The molecule has 2 rings (SSSR count). The molecule has 1 atom stereocenters. The first-order valence-electron chi connectivity index (χ1n) is 6.25. The first kappa shape index (κ1) is 11.1. The van der Waals surface area contributed by atoms with Crippen LogP contribution in [0.5, 0.6) is 0 Å². The van der Waals surface area contributed by atoms with E-state index in [1.165, 1.54) is 19.3 Å². The van der Waals surface area contributed by atoms with Crippen LogP contribution in [-0.4, -0.2) is 30.3 Å². The van der Waals surface area contributed by atoms with Crippen molar-refractivity contribution in [1.29, 1.82) is 0 Å². The summed E-state index contributed by atoms with van der Waals surface area (Å²) in [6.45, 7) is 5.21. The number of hydrogen-bond donors (Lipinski definition) is 0. The number of Topliss-reactive ketones (excluding diaryl/α,β-unsaturated/α-hetero) is 1. The minimum absolute atomic E-state index is 0.0622. The molecule has 86 valence electrons. The van der Waals surface area contributed by atoms with Crippen LogP contribution in [0, 0.1) is 11.3 Å². The lowest BCUT2D eigenvalue weighted by atomic mass is 9.71. The highest BCUT2D eigenvalue weighted by Crippen LogP contribution is 2.36. The van der Waals surface area contributed by atoms with E-state index in [1.807, 2.05) is 0 Å². The predicted octanol–water partition coefficient (Wildman–Crippen LogP) is 2.48. The zero-order valence-electron chi connectivity index (χ0n) is 10.3. The van der Waals surface area contributed by atoms with E-state index >= 15 is 0 Å². The molecule has 15 heavy (non-hydrogen) atoms. The highest BCUT2D eigenvalue weighted by atomic mass is 16.1. The summed E-state index contributed by atoms with van der Waals surface area (Å²) >= 11 is 0. The third kappa shape index (κ3) is 2.41. The van der Waals surface area contributed by atoms with Gasteiger partial charge in [0.15, 0.2) is 0 Å². The summed E-state index contributed by atoms with van der Waals surface area (Å²) in [4.78, 5) is 14.6. The Hall–Kier alpha value is -0.370. The van der Waals surface area contributed by atoms with Crippen LogP contribution in [0.1, 0.15) is 46.0 Å². The molecule has 0 bridgehead atoms. The molecule has 2 aliphatic carbocycles. The molecule has 0 N–H and O–H groups in total. The molecule has 0 heterocycles. The quantitative estimate of drug-likeness (QED) is 0.711. The van der Waals surface area contributed by atoms with Crippen LogP contribution < -0.4 is 0 Å². The van der Waals surface area contributed by atoms with Gasteiger partial charge in [0.1, 0.15) is 5.78 Å². The van der Waals surface area contributed by atoms with Crippen molar-refractivity contribution in [1.82, 2.24) is 4.90 Å². The maximum absolute atomic E-state index is 12.2. The van der Waals surface area contributed by atoms with Gasteiger partial charge in [0, 0.05) is 23.9 Å². The van der Waals surface area contributed by atoms with E-state index in [1.54, 1.807) is 0 Å². The van der Waals surface area contributed by atoms with Gasteiger partial charge in [-0.1, -0.05) is 20.3 Å². The Balaban J connectivity index is 1.93. The van der Waals surface area contributed by atoms with E-state index in [9.17, 15) is 4.79 Å². The van der Waals surface area contributed by atoms with Crippen molar-refractivity contribution in [2.75, 3.05) is 13.6 Å². The van der Waals surface area contributed by atoms with Gasteiger partial charge < -0.3 is 4.90 Å². The van der Waals surface area contributed by atoms with Crippen molar-refractivity contribution in [3.8, 4) is 0 Å². The van der Waals surface area contributed by atoms with Crippen molar-refractivity contribution in [3.05, 3.63) is 0 Å².